The molecule has 1 amide bonds. The average Bonchev–Trinajstić information content (AvgIpc) is 2.46. The third-order valence-electron chi connectivity index (χ3n) is 4.14. The summed E-state index contributed by atoms with van der Waals surface area (Å²) in [7, 11) is 3.97. The molecule has 20 heavy (non-hydrogen) atoms. The lowest BCUT2D eigenvalue weighted by molar-refractivity contribution is 0.0941. The van der Waals surface area contributed by atoms with E-state index in [1.165, 1.54) is 12.8 Å². The van der Waals surface area contributed by atoms with E-state index in [9.17, 15) is 4.79 Å². The standard InChI is InChI=1S/C16H25N3O/c1-19(2)14-9-7-12(8-10-14)16(20)18-11-13-5-3-4-6-15(13)17/h7-10,13,15H,3-6,11,17H2,1-2H3,(H,18,20). The average molecular weight is 275 g/mol. The van der Waals surface area contributed by atoms with Crippen molar-refractivity contribution in [3.05, 3.63) is 29.8 Å². The lowest BCUT2D eigenvalue weighted by atomic mass is 9.85. The first-order valence-electron chi connectivity index (χ1n) is 7.39. The summed E-state index contributed by atoms with van der Waals surface area (Å²) < 4.78 is 0. The minimum absolute atomic E-state index is 0.00641. The monoisotopic (exact) mass is 275 g/mol. The number of carbonyl (C=O) groups excluding carboxylic acids is 1. The van der Waals surface area contributed by atoms with Gasteiger partial charge in [-0.15, -0.1) is 0 Å². The predicted octanol–water partition coefficient (Wildman–Crippen LogP) is 2.00. The fourth-order valence-corrected chi connectivity index (χ4v) is 2.73. The van der Waals surface area contributed by atoms with Gasteiger partial charge in [-0.1, -0.05) is 12.8 Å². The second-order valence-corrected chi connectivity index (χ2v) is 5.86. The van der Waals surface area contributed by atoms with Gasteiger partial charge >= 0.3 is 0 Å². The molecule has 1 aromatic rings. The van der Waals surface area contributed by atoms with Crippen molar-refractivity contribution in [3.63, 3.8) is 0 Å². The molecular weight excluding hydrogens is 250 g/mol. The van der Waals surface area contributed by atoms with E-state index in [-0.39, 0.29) is 11.9 Å². The molecule has 0 radical (unpaired) electrons. The van der Waals surface area contributed by atoms with E-state index in [0.29, 0.717) is 18.0 Å². The third kappa shape index (κ3) is 3.73. The molecular formula is C16H25N3O. The molecule has 4 nitrogen and oxygen atoms in total. The number of nitrogens with one attached hydrogen (secondary N) is 1. The zero-order chi connectivity index (χ0) is 14.5. The number of hydrogen-bond acceptors (Lipinski definition) is 3. The van der Waals surface area contributed by atoms with Gasteiger partial charge < -0.3 is 16.0 Å². The van der Waals surface area contributed by atoms with Crippen molar-refractivity contribution in [1.29, 1.82) is 0 Å². The van der Waals surface area contributed by atoms with E-state index in [1.54, 1.807) is 0 Å². The Kier molecular flexibility index (Phi) is 5.01. The Bertz CT molecular complexity index is 442. The number of anilines is 1. The van der Waals surface area contributed by atoms with E-state index in [0.717, 1.165) is 18.5 Å². The summed E-state index contributed by atoms with van der Waals surface area (Å²) in [5, 5.41) is 3.02. The van der Waals surface area contributed by atoms with Crippen LogP contribution in [0.5, 0.6) is 0 Å². The molecule has 0 saturated heterocycles. The van der Waals surface area contributed by atoms with Crippen molar-refractivity contribution in [3.8, 4) is 0 Å². The summed E-state index contributed by atoms with van der Waals surface area (Å²) in [6.45, 7) is 0.690. The van der Waals surface area contributed by atoms with Gasteiger partial charge in [-0.05, 0) is 43.0 Å². The van der Waals surface area contributed by atoms with E-state index in [4.69, 9.17) is 5.73 Å². The van der Waals surface area contributed by atoms with Gasteiger partial charge in [-0.2, -0.15) is 0 Å². The highest BCUT2D eigenvalue weighted by molar-refractivity contribution is 5.94. The number of carbonyl (C=O) groups is 1. The lowest BCUT2D eigenvalue weighted by Gasteiger charge is -2.28. The fourth-order valence-electron chi connectivity index (χ4n) is 2.73. The summed E-state index contributed by atoms with van der Waals surface area (Å²) in [5.41, 5.74) is 7.90. The van der Waals surface area contributed by atoms with Crippen LogP contribution in [0.4, 0.5) is 5.69 Å². The topological polar surface area (TPSA) is 58.4 Å². The first-order chi connectivity index (χ1) is 9.58. The Labute approximate surface area is 121 Å². The highest BCUT2D eigenvalue weighted by Gasteiger charge is 2.22. The van der Waals surface area contributed by atoms with Crippen molar-refractivity contribution in [2.24, 2.45) is 11.7 Å². The van der Waals surface area contributed by atoms with Crippen molar-refractivity contribution >= 4 is 11.6 Å². The molecule has 4 heteroatoms. The molecule has 0 aromatic heterocycles. The van der Waals surface area contributed by atoms with Gasteiger partial charge in [0, 0.05) is 37.9 Å². The van der Waals surface area contributed by atoms with Gasteiger partial charge in [0.05, 0.1) is 0 Å². The number of hydrogen-bond donors (Lipinski definition) is 2. The molecule has 0 spiro atoms. The summed E-state index contributed by atoms with van der Waals surface area (Å²) in [6.07, 6.45) is 4.66. The Morgan fingerprint density at radius 1 is 1.25 bits per heavy atom. The Morgan fingerprint density at radius 2 is 1.90 bits per heavy atom. The smallest absolute Gasteiger partial charge is 0.251 e. The van der Waals surface area contributed by atoms with Crippen LogP contribution in [0.15, 0.2) is 24.3 Å². The second-order valence-electron chi connectivity index (χ2n) is 5.86. The summed E-state index contributed by atoms with van der Waals surface area (Å²) in [6, 6.07) is 7.89. The number of amides is 1. The number of benzene rings is 1. The van der Waals surface area contributed by atoms with Gasteiger partial charge in [0.15, 0.2) is 0 Å². The zero-order valence-electron chi connectivity index (χ0n) is 12.4. The van der Waals surface area contributed by atoms with E-state index in [1.807, 2.05) is 43.3 Å². The van der Waals surface area contributed by atoms with Crippen LogP contribution in [-0.4, -0.2) is 32.6 Å². The minimum atomic E-state index is -0.00641. The predicted molar refractivity (Wildman–Crippen MR) is 83.0 cm³/mol. The molecule has 1 saturated carbocycles. The van der Waals surface area contributed by atoms with Crippen molar-refractivity contribution in [1.82, 2.24) is 5.32 Å². The van der Waals surface area contributed by atoms with Crippen LogP contribution in [0, 0.1) is 5.92 Å². The van der Waals surface area contributed by atoms with E-state index >= 15 is 0 Å². The molecule has 110 valence electrons. The molecule has 2 unspecified atom stereocenters. The zero-order valence-corrected chi connectivity index (χ0v) is 12.4. The lowest BCUT2D eigenvalue weighted by Crippen LogP contribution is -2.41. The van der Waals surface area contributed by atoms with Gasteiger partial charge in [-0.3, -0.25) is 4.79 Å². The summed E-state index contributed by atoms with van der Waals surface area (Å²) in [5.74, 6) is 0.418. The van der Waals surface area contributed by atoms with Crippen molar-refractivity contribution in [2.75, 3.05) is 25.5 Å². The molecule has 0 aliphatic heterocycles. The number of nitrogens with two attached hydrogens (primary N) is 1. The molecule has 0 bridgehead atoms. The van der Waals surface area contributed by atoms with Gasteiger partial charge in [0.25, 0.3) is 5.91 Å². The van der Waals surface area contributed by atoms with Crippen molar-refractivity contribution < 1.29 is 4.79 Å². The Balaban J connectivity index is 1.88. The normalized spacial score (nSPS) is 22.4. The van der Waals surface area contributed by atoms with Crippen LogP contribution in [0.25, 0.3) is 0 Å². The molecule has 1 aromatic carbocycles. The van der Waals surface area contributed by atoms with Crippen LogP contribution in [0.3, 0.4) is 0 Å². The number of nitrogens with zero attached hydrogens (tertiary/aromatic N) is 1. The Morgan fingerprint density at radius 3 is 2.50 bits per heavy atom. The van der Waals surface area contributed by atoms with E-state index in [2.05, 4.69) is 5.32 Å². The molecule has 1 fully saturated rings. The number of rotatable bonds is 4. The summed E-state index contributed by atoms with van der Waals surface area (Å²) in [4.78, 5) is 14.1. The second kappa shape index (κ2) is 6.75. The van der Waals surface area contributed by atoms with E-state index < -0.39 is 0 Å². The van der Waals surface area contributed by atoms with Crippen LogP contribution in [0.2, 0.25) is 0 Å². The largest absolute Gasteiger partial charge is 0.378 e. The Hall–Kier alpha value is -1.55. The van der Waals surface area contributed by atoms with Crippen LogP contribution < -0.4 is 16.0 Å². The maximum Gasteiger partial charge on any atom is 0.251 e. The fraction of sp³-hybridized carbons (Fsp3) is 0.562. The highest BCUT2D eigenvalue weighted by atomic mass is 16.1. The van der Waals surface area contributed by atoms with Gasteiger partial charge in [-0.25, -0.2) is 0 Å². The summed E-state index contributed by atoms with van der Waals surface area (Å²) >= 11 is 0. The van der Waals surface area contributed by atoms with Gasteiger partial charge in [0.2, 0.25) is 0 Å². The van der Waals surface area contributed by atoms with Crippen molar-refractivity contribution in [2.45, 2.75) is 31.7 Å². The van der Waals surface area contributed by atoms with Crippen LogP contribution in [0.1, 0.15) is 36.0 Å². The first kappa shape index (κ1) is 14.9. The van der Waals surface area contributed by atoms with Gasteiger partial charge in [0.1, 0.15) is 0 Å². The first-order valence-corrected chi connectivity index (χ1v) is 7.39. The SMILES string of the molecule is CN(C)c1ccc(C(=O)NCC2CCCCC2N)cc1. The molecule has 1 aliphatic rings. The molecule has 2 rings (SSSR count). The molecule has 0 heterocycles. The molecule has 2 atom stereocenters. The highest BCUT2D eigenvalue weighted by Crippen LogP contribution is 2.22. The van der Waals surface area contributed by atoms with Crippen LogP contribution >= 0.6 is 0 Å². The molecule has 1 aliphatic carbocycles. The molecule has 3 N–H and O–H groups in total. The minimum Gasteiger partial charge on any atom is -0.378 e. The quantitative estimate of drug-likeness (QED) is 0.883. The maximum absolute atomic E-state index is 12.1. The maximum atomic E-state index is 12.1. The third-order valence-corrected chi connectivity index (χ3v) is 4.14. The van der Waals surface area contributed by atoms with Crippen LogP contribution in [-0.2, 0) is 0 Å².